The third-order valence-corrected chi connectivity index (χ3v) is 5.38. The molecule has 0 saturated carbocycles. The van der Waals surface area contributed by atoms with Gasteiger partial charge in [0.1, 0.15) is 17.3 Å². The van der Waals surface area contributed by atoms with E-state index in [0.717, 1.165) is 12.1 Å². The summed E-state index contributed by atoms with van der Waals surface area (Å²) >= 11 is 0. The fourth-order valence-electron chi connectivity index (χ4n) is 3.70. The number of aryl methyl sites for hydroxylation is 1. The Morgan fingerprint density at radius 1 is 1.08 bits per heavy atom. The normalized spacial score (nSPS) is 11.5. The molecule has 0 radical (unpaired) electrons. The molecule has 8 nitrogen and oxygen atoms in total. The van der Waals surface area contributed by atoms with Crippen LogP contribution in [0.3, 0.4) is 0 Å². The second-order valence-electron chi connectivity index (χ2n) is 7.93. The fraction of sp³-hybridized carbons (Fsp3) is 0.167. The summed E-state index contributed by atoms with van der Waals surface area (Å²) in [4.78, 5) is 29.0. The van der Waals surface area contributed by atoms with Gasteiger partial charge in [-0.25, -0.2) is 9.37 Å². The van der Waals surface area contributed by atoms with Gasteiger partial charge in [-0.2, -0.15) is 5.10 Å². The van der Waals surface area contributed by atoms with Gasteiger partial charge in [-0.3, -0.25) is 14.3 Å². The number of nitrogens with zero attached hydrogens (tertiary/aromatic N) is 3. The van der Waals surface area contributed by atoms with E-state index in [1.54, 1.807) is 18.5 Å². The summed E-state index contributed by atoms with van der Waals surface area (Å²) in [5.74, 6) is -2.39. The van der Waals surface area contributed by atoms with Gasteiger partial charge in [-0.05, 0) is 49.7 Å². The van der Waals surface area contributed by atoms with Crippen molar-refractivity contribution in [2.45, 2.75) is 26.8 Å². The summed E-state index contributed by atoms with van der Waals surface area (Å²) in [6, 6.07) is 10.2. The molecule has 2 aromatic heterocycles. The van der Waals surface area contributed by atoms with Crippen LogP contribution >= 0.6 is 0 Å². The second-order valence-corrected chi connectivity index (χ2v) is 7.93. The Balaban J connectivity index is 1.58. The number of benzene rings is 2. The number of carbonyl (C=O) groups is 2. The fourth-order valence-corrected chi connectivity index (χ4v) is 3.70. The quantitative estimate of drug-likeness (QED) is 0.378. The van der Waals surface area contributed by atoms with Crippen LogP contribution in [-0.2, 0) is 6.54 Å². The van der Waals surface area contributed by atoms with E-state index in [1.165, 1.54) is 36.4 Å². The minimum atomic E-state index is -4.78. The number of rotatable bonds is 6. The van der Waals surface area contributed by atoms with E-state index >= 15 is 0 Å². The Morgan fingerprint density at radius 2 is 1.78 bits per heavy atom. The number of nitrogens with two attached hydrogens (primary N) is 1. The summed E-state index contributed by atoms with van der Waals surface area (Å²) in [7, 11) is 0. The van der Waals surface area contributed by atoms with Gasteiger partial charge in [0.05, 0.1) is 34.7 Å². The van der Waals surface area contributed by atoms with E-state index < -0.39 is 24.0 Å². The molecule has 2 aromatic carbocycles. The van der Waals surface area contributed by atoms with Crippen LogP contribution in [0.4, 0.5) is 23.2 Å². The molecule has 4 rings (SSSR count). The lowest BCUT2D eigenvalue weighted by atomic mass is 10.1. The maximum Gasteiger partial charge on any atom is 0.573 e. The maximum atomic E-state index is 13.7. The molecule has 0 fully saturated rings. The highest BCUT2D eigenvalue weighted by molar-refractivity contribution is 6.10. The van der Waals surface area contributed by atoms with E-state index in [4.69, 9.17) is 5.73 Å². The topological polar surface area (TPSA) is 112 Å². The lowest BCUT2D eigenvalue weighted by Crippen LogP contribution is -2.18. The highest BCUT2D eigenvalue weighted by Gasteiger charge is 2.31. The monoisotopic (exact) mass is 501 g/mol. The van der Waals surface area contributed by atoms with Crippen molar-refractivity contribution in [3.63, 3.8) is 0 Å². The van der Waals surface area contributed by atoms with Gasteiger partial charge in [0.25, 0.3) is 5.91 Å². The Labute approximate surface area is 201 Å². The number of halogens is 4. The van der Waals surface area contributed by atoms with Crippen molar-refractivity contribution in [2.75, 3.05) is 5.32 Å². The molecule has 0 bridgehead atoms. The predicted molar refractivity (Wildman–Crippen MR) is 122 cm³/mol. The Kier molecular flexibility index (Phi) is 6.35. The number of fused-ring (bicyclic) bond motifs is 1. The number of primary amides is 1. The number of nitrogens with one attached hydrogen (secondary N) is 1. The third kappa shape index (κ3) is 5.27. The van der Waals surface area contributed by atoms with Crippen LogP contribution in [0.1, 0.15) is 37.8 Å². The van der Waals surface area contributed by atoms with Crippen LogP contribution in [0.25, 0.3) is 10.9 Å². The van der Waals surface area contributed by atoms with Gasteiger partial charge in [-0.1, -0.05) is 12.1 Å². The molecule has 186 valence electrons. The molecule has 0 aliphatic heterocycles. The minimum Gasteiger partial charge on any atom is -0.406 e. The zero-order chi connectivity index (χ0) is 26.2. The van der Waals surface area contributed by atoms with E-state index in [1.807, 2.05) is 0 Å². The van der Waals surface area contributed by atoms with Crippen molar-refractivity contribution < 1.29 is 31.9 Å². The number of hydrogen-bond donors (Lipinski definition) is 2. The standard InChI is InChI=1S/C24H19F4N5O3/c1-12-21(13(2)33(32-12)11-14-3-6-16(7-4-14)36-24(26,27)28)31-23(35)20-10-18(22(29)34)17-8-5-15(25)9-19(17)30-20/h3-10H,11H2,1-2H3,(H2,29,34)(H,31,35). The van der Waals surface area contributed by atoms with Crippen LogP contribution in [0, 0.1) is 19.7 Å². The van der Waals surface area contributed by atoms with Crippen LogP contribution in [0.15, 0.2) is 48.5 Å². The number of carbonyl (C=O) groups excluding carboxylic acids is 2. The van der Waals surface area contributed by atoms with Gasteiger partial charge in [0, 0.05) is 11.5 Å². The second kappa shape index (κ2) is 9.29. The van der Waals surface area contributed by atoms with Crippen molar-refractivity contribution in [3.05, 3.63) is 82.6 Å². The Hall–Kier alpha value is -4.48. The third-order valence-electron chi connectivity index (χ3n) is 5.38. The Bertz CT molecular complexity index is 1480. The molecule has 2 amide bonds. The molecule has 0 aliphatic rings. The van der Waals surface area contributed by atoms with Crippen LogP contribution in [0.2, 0.25) is 0 Å². The van der Waals surface area contributed by atoms with Crippen molar-refractivity contribution in [2.24, 2.45) is 5.73 Å². The van der Waals surface area contributed by atoms with Crippen molar-refractivity contribution in [3.8, 4) is 5.75 Å². The van der Waals surface area contributed by atoms with E-state index in [0.29, 0.717) is 28.0 Å². The largest absolute Gasteiger partial charge is 0.573 e. The van der Waals surface area contributed by atoms with E-state index in [9.17, 15) is 27.2 Å². The molecule has 3 N–H and O–H groups in total. The number of hydrogen-bond acceptors (Lipinski definition) is 5. The van der Waals surface area contributed by atoms with E-state index in [-0.39, 0.29) is 29.1 Å². The summed E-state index contributed by atoms with van der Waals surface area (Å²) in [6.07, 6.45) is -4.78. The minimum absolute atomic E-state index is 0.0206. The van der Waals surface area contributed by atoms with Crippen molar-refractivity contribution in [1.29, 1.82) is 0 Å². The summed E-state index contributed by atoms with van der Waals surface area (Å²) in [5, 5.41) is 7.41. The number of ether oxygens (including phenoxy) is 1. The average molecular weight is 501 g/mol. The number of pyridine rings is 1. The predicted octanol–water partition coefficient (Wildman–Crippen LogP) is 4.49. The Morgan fingerprint density at radius 3 is 2.42 bits per heavy atom. The molecule has 36 heavy (non-hydrogen) atoms. The highest BCUT2D eigenvalue weighted by Crippen LogP contribution is 2.25. The molecular weight excluding hydrogens is 482 g/mol. The summed E-state index contributed by atoms with van der Waals surface area (Å²) < 4.78 is 56.2. The molecule has 4 aromatic rings. The van der Waals surface area contributed by atoms with Gasteiger partial charge < -0.3 is 15.8 Å². The van der Waals surface area contributed by atoms with Crippen LogP contribution in [-0.4, -0.2) is 32.9 Å². The first kappa shape index (κ1) is 24.6. The van der Waals surface area contributed by atoms with Crippen LogP contribution in [0.5, 0.6) is 5.75 Å². The van der Waals surface area contributed by atoms with Crippen molar-refractivity contribution >= 4 is 28.4 Å². The molecule has 0 atom stereocenters. The van der Waals surface area contributed by atoms with Gasteiger partial charge >= 0.3 is 6.36 Å². The molecule has 0 spiro atoms. The molecule has 0 unspecified atom stereocenters. The van der Waals surface area contributed by atoms with Crippen LogP contribution < -0.4 is 15.8 Å². The van der Waals surface area contributed by atoms with E-state index in [2.05, 4.69) is 20.1 Å². The van der Waals surface area contributed by atoms with Crippen molar-refractivity contribution in [1.82, 2.24) is 14.8 Å². The zero-order valence-corrected chi connectivity index (χ0v) is 19.0. The maximum absolute atomic E-state index is 13.7. The molecule has 0 saturated heterocycles. The number of anilines is 1. The average Bonchev–Trinajstić information content (AvgIpc) is 3.05. The van der Waals surface area contributed by atoms with Gasteiger partial charge in [0.2, 0.25) is 5.91 Å². The molecule has 12 heteroatoms. The molecule has 2 heterocycles. The lowest BCUT2D eigenvalue weighted by Gasteiger charge is -2.10. The molecule has 0 aliphatic carbocycles. The molecular formula is C24H19F4N5O3. The lowest BCUT2D eigenvalue weighted by molar-refractivity contribution is -0.274. The first-order valence-electron chi connectivity index (χ1n) is 10.5. The highest BCUT2D eigenvalue weighted by atomic mass is 19.4. The summed E-state index contributed by atoms with van der Waals surface area (Å²) in [5.41, 5.74) is 7.48. The summed E-state index contributed by atoms with van der Waals surface area (Å²) in [6.45, 7) is 3.58. The number of aromatic nitrogens is 3. The number of amides is 2. The smallest absolute Gasteiger partial charge is 0.406 e. The first-order valence-corrected chi connectivity index (χ1v) is 10.5. The first-order chi connectivity index (χ1) is 16.9. The zero-order valence-electron chi connectivity index (χ0n) is 19.0. The van der Waals surface area contributed by atoms with Gasteiger partial charge in [0.15, 0.2) is 0 Å². The van der Waals surface area contributed by atoms with Gasteiger partial charge in [-0.15, -0.1) is 13.2 Å². The SMILES string of the molecule is Cc1nn(Cc2ccc(OC(F)(F)F)cc2)c(C)c1NC(=O)c1cc(C(N)=O)c2ccc(F)cc2n1. The number of alkyl halides is 3.